The molecule has 0 radical (unpaired) electrons. The van der Waals surface area contributed by atoms with E-state index in [9.17, 15) is 13.2 Å². The van der Waals surface area contributed by atoms with Gasteiger partial charge in [-0.3, -0.25) is 0 Å². The van der Waals surface area contributed by atoms with Gasteiger partial charge in [0.25, 0.3) is 0 Å². The van der Waals surface area contributed by atoms with Gasteiger partial charge in [-0.05, 0) is 60.5 Å². The SMILES string of the molecule is Cc1ccc(-c2cc(-c3nc(-c4ccccc4)nc(-c4ccccc4)n3)cc(-c3ccc(C(F)(F)F)cc3)c2-n2c3ccccc3c3c4sc5ccccc5c4ccc32)cc1. The summed E-state index contributed by atoms with van der Waals surface area (Å²) in [6.45, 7) is 2.05. The van der Waals surface area contributed by atoms with Crippen molar-refractivity contribution in [3.05, 3.63) is 193 Å². The second-order valence-electron chi connectivity index (χ2n) is 15.2. The Kier molecular flexibility index (Phi) is 8.65. The van der Waals surface area contributed by atoms with Gasteiger partial charge in [-0.25, -0.2) is 15.0 Å². The van der Waals surface area contributed by atoms with Crippen LogP contribution in [0.5, 0.6) is 0 Å². The maximum absolute atomic E-state index is 14.1. The van der Waals surface area contributed by atoms with Crippen molar-refractivity contribution < 1.29 is 13.2 Å². The van der Waals surface area contributed by atoms with Gasteiger partial charge < -0.3 is 4.57 Å². The molecule has 11 rings (SSSR count). The molecule has 0 atom stereocenters. The van der Waals surface area contributed by atoms with Gasteiger partial charge >= 0.3 is 6.18 Å². The normalized spacial score (nSPS) is 11.9. The Labute approximate surface area is 352 Å². The highest BCUT2D eigenvalue weighted by molar-refractivity contribution is 7.26. The van der Waals surface area contributed by atoms with Crippen molar-refractivity contribution in [1.82, 2.24) is 19.5 Å². The molecule has 11 aromatic rings. The summed E-state index contributed by atoms with van der Waals surface area (Å²) in [4.78, 5) is 15.1. The fraction of sp³-hybridized carbons (Fsp3) is 0.0377. The lowest BCUT2D eigenvalue weighted by atomic mass is 9.91. The van der Waals surface area contributed by atoms with Crippen LogP contribution >= 0.6 is 11.3 Å². The monoisotopic (exact) mass is 814 g/mol. The van der Waals surface area contributed by atoms with Crippen molar-refractivity contribution in [2.75, 3.05) is 0 Å². The molecular weight excluding hydrogens is 782 g/mol. The first-order valence-corrected chi connectivity index (χ1v) is 20.7. The van der Waals surface area contributed by atoms with Crippen molar-refractivity contribution in [3.63, 3.8) is 0 Å². The summed E-state index contributed by atoms with van der Waals surface area (Å²) < 4.78 is 47.0. The summed E-state index contributed by atoms with van der Waals surface area (Å²) in [7, 11) is 0. The molecule has 3 aromatic heterocycles. The average Bonchev–Trinajstić information content (AvgIpc) is 3.85. The zero-order chi connectivity index (χ0) is 41.2. The molecule has 0 saturated carbocycles. The number of aromatic nitrogens is 4. The molecule has 0 spiro atoms. The van der Waals surface area contributed by atoms with Gasteiger partial charge in [0.15, 0.2) is 17.5 Å². The summed E-state index contributed by atoms with van der Waals surface area (Å²) in [5.41, 5.74) is 8.70. The molecule has 0 aliphatic carbocycles. The standard InChI is InChI=1S/C53H33F3N4S/c1-32-20-22-33(23-21-32)42-30-37(52-58-50(35-12-4-2-5-13-35)57-51(59-52)36-14-6-3-7-15-36)31-43(34-24-26-38(27-25-34)53(54,55)56)48(42)60-44-18-10-8-17-41(44)47-45(60)29-28-40-39-16-9-11-19-46(39)61-49(40)47/h2-31H,1H3. The van der Waals surface area contributed by atoms with Crippen LogP contribution in [0.2, 0.25) is 0 Å². The molecule has 0 amide bonds. The van der Waals surface area contributed by atoms with Crippen molar-refractivity contribution in [2.24, 2.45) is 0 Å². The maximum atomic E-state index is 14.1. The van der Waals surface area contributed by atoms with E-state index < -0.39 is 11.7 Å². The first-order chi connectivity index (χ1) is 29.8. The summed E-state index contributed by atoms with van der Waals surface area (Å²) in [6.07, 6.45) is -4.49. The van der Waals surface area contributed by atoms with Gasteiger partial charge in [0.1, 0.15) is 0 Å². The Morgan fingerprint density at radius 1 is 0.459 bits per heavy atom. The number of nitrogens with zero attached hydrogens (tertiary/aromatic N) is 4. The number of hydrogen-bond donors (Lipinski definition) is 0. The lowest BCUT2D eigenvalue weighted by Gasteiger charge is -2.21. The minimum atomic E-state index is -4.49. The van der Waals surface area contributed by atoms with Crippen molar-refractivity contribution in [2.45, 2.75) is 13.1 Å². The predicted octanol–water partition coefficient (Wildman–Crippen LogP) is 15.0. The third-order valence-electron chi connectivity index (χ3n) is 11.4. The van der Waals surface area contributed by atoms with Crippen LogP contribution in [0.1, 0.15) is 11.1 Å². The molecule has 3 heterocycles. The Bertz CT molecular complexity index is 3390. The molecule has 292 valence electrons. The van der Waals surface area contributed by atoms with Crippen LogP contribution < -0.4 is 0 Å². The van der Waals surface area contributed by atoms with Crippen LogP contribution in [-0.2, 0) is 6.18 Å². The fourth-order valence-electron chi connectivity index (χ4n) is 8.43. The Morgan fingerprint density at radius 2 is 0.984 bits per heavy atom. The van der Waals surface area contributed by atoms with Gasteiger partial charge in [-0.1, -0.05) is 145 Å². The number of rotatable bonds is 6. The smallest absolute Gasteiger partial charge is 0.308 e. The largest absolute Gasteiger partial charge is 0.416 e. The minimum Gasteiger partial charge on any atom is -0.308 e. The van der Waals surface area contributed by atoms with Crippen LogP contribution in [0.25, 0.3) is 104 Å². The number of thiophene rings is 1. The number of fused-ring (bicyclic) bond motifs is 7. The van der Waals surface area contributed by atoms with Crippen molar-refractivity contribution >= 4 is 53.3 Å². The van der Waals surface area contributed by atoms with E-state index in [4.69, 9.17) is 15.0 Å². The third kappa shape index (κ3) is 6.35. The molecule has 4 nitrogen and oxygen atoms in total. The number of alkyl halides is 3. The Morgan fingerprint density at radius 3 is 1.59 bits per heavy atom. The van der Waals surface area contributed by atoms with Gasteiger partial charge in [-0.15, -0.1) is 11.3 Å². The summed E-state index contributed by atoms with van der Waals surface area (Å²) in [6, 6.07) is 58.8. The molecule has 8 heteroatoms. The molecule has 0 saturated heterocycles. The zero-order valence-corrected chi connectivity index (χ0v) is 33.5. The average molecular weight is 815 g/mol. The first kappa shape index (κ1) is 36.6. The maximum Gasteiger partial charge on any atom is 0.416 e. The van der Waals surface area contributed by atoms with Crippen LogP contribution in [0.3, 0.4) is 0 Å². The van der Waals surface area contributed by atoms with Crippen LogP contribution in [0.15, 0.2) is 182 Å². The number of para-hydroxylation sites is 1. The summed E-state index contributed by atoms with van der Waals surface area (Å²) in [5, 5.41) is 4.61. The number of aryl methyl sites for hydroxylation is 1. The summed E-state index contributed by atoms with van der Waals surface area (Å²) >= 11 is 1.78. The van der Waals surface area contributed by atoms with E-state index in [0.717, 1.165) is 73.0 Å². The highest BCUT2D eigenvalue weighted by Gasteiger charge is 2.31. The highest BCUT2D eigenvalue weighted by atomic mass is 32.1. The van der Waals surface area contributed by atoms with Gasteiger partial charge in [0.2, 0.25) is 0 Å². The Balaban J connectivity index is 1.27. The molecular formula is C53H33F3N4S. The quantitative estimate of drug-likeness (QED) is 0.168. The summed E-state index contributed by atoms with van der Waals surface area (Å²) in [5.74, 6) is 1.46. The van der Waals surface area contributed by atoms with E-state index in [-0.39, 0.29) is 0 Å². The molecule has 0 N–H and O–H groups in total. The number of hydrogen-bond acceptors (Lipinski definition) is 4. The van der Waals surface area contributed by atoms with E-state index in [2.05, 4.69) is 96.4 Å². The van der Waals surface area contributed by atoms with Crippen molar-refractivity contribution in [3.8, 4) is 62.1 Å². The lowest BCUT2D eigenvalue weighted by molar-refractivity contribution is -0.137. The highest BCUT2D eigenvalue weighted by Crippen LogP contribution is 2.47. The molecule has 0 aliphatic rings. The number of halogens is 3. The first-order valence-electron chi connectivity index (χ1n) is 19.9. The second-order valence-corrected chi connectivity index (χ2v) is 16.2. The van der Waals surface area contributed by atoms with Crippen molar-refractivity contribution in [1.29, 1.82) is 0 Å². The van der Waals surface area contributed by atoms with E-state index >= 15 is 0 Å². The van der Waals surface area contributed by atoms with Crippen LogP contribution in [-0.4, -0.2) is 19.5 Å². The zero-order valence-electron chi connectivity index (χ0n) is 32.7. The van der Waals surface area contributed by atoms with Gasteiger partial charge in [-0.2, -0.15) is 13.2 Å². The molecule has 61 heavy (non-hydrogen) atoms. The second kappa shape index (κ2) is 14.4. The van der Waals surface area contributed by atoms with E-state index in [1.807, 2.05) is 72.8 Å². The third-order valence-corrected chi connectivity index (χ3v) is 12.6. The topological polar surface area (TPSA) is 43.6 Å². The molecule has 8 aromatic carbocycles. The van der Waals surface area contributed by atoms with Gasteiger partial charge in [0.05, 0.1) is 22.3 Å². The Hall–Kier alpha value is -7.42. The minimum absolute atomic E-state index is 0.440. The number of benzene rings is 8. The molecule has 0 fully saturated rings. The predicted molar refractivity (Wildman–Crippen MR) is 244 cm³/mol. The van der Waals surface area contributed by atoms with E-state index in [1.165, 1.54) is 20.2 Å². The molecule has 0 unspecified atom stereocenters. The van der Waals surface area contributed by atoms with Gasteiger partial charge in [0, 0.05) is 58.8 Å². The van der Waals surface area contributed by atoms with E-state index in [0.29, 0.717) is 28.6 Å². The van der Waals surface area contributed by atoms with Crippen LogP contribution in [0.4, 0.5) is 13.2 Å². The fourth-order valence-corrected chi connectivity index (χ4v) is 9.69. The lowest BCUT2D eigenvalue weighted by Crippen LogP contribution is -2.05. The van der Waals surface area contributed by atoms with Crippen LogP contribution in [0, 0.1) is 6.92 Å². The molecule has 0 aliphatic heterocycles. The molecule has 0 bridgehead atoms. The van der Waals surface area contributed by atoms with E-state index in [1.54, 1.807) is 23.5 Å².